The molecule has 0 bridgehead atoms. The van der Waals surface area contributed by atoms with Crippen LogP contribution in [0.3, 0.4) is 0 Å². The van der Waals surface area contributed by atoms with E-state index in [-0.39, 0.29) is 6.42 Å². The molecule has 2 aromatic carbocycles. The molecule has 0 aliphatic carbocycles. The van der Waals surface area contributed by atoms with E-state index in [1.54, 1.807) is 12.1 Å². The first kappa shape index (κ1) is 17.4. The van der Waals surface area contributed by atoms with Crippen LogP contribution in [0.2, 0.25) is 0 Å². The maximum Gasteiger partial charge on any atom is 0.319 e. The molecule has 146 valence electrons. The zero-order chi connectivity index (χ0) is 23.9. The molecule has 0 saturated carbocycles. The molecule has 6 heteroatoms. The van der Waals surface area contributed by atoms with Gasteiger partial charge in [0.25, 0.3) is 0 Å². The zero-order valence-electron chi connectivity index (χ0n) is 19.4. The first-order valence-corrected chi connectivity index (χ1v) is 7.97. The molecule has 0 amide bonds. The van der Waals surface area contributed by atoms with Gasteiger partial charge in [-0.05, 0) is 18.4 Å². The number of carbonyl (C=O) groups excluding carboxylic acids is 3. The minimum Gasteiger partial charge on any atom is -0.469 e. The average Bonchev–Trinajstić information content (AvgIpc) is 2.78. The normalized spacial score (nSPS) is 12.1. The predicted octanol–water partition coefficient (Wildman–Crippen LogP) is 2.80. The fraction of sp³-hybridized carbons (Fsp3) is 0.286. The highest BCUT2D eigenvalue weighted by Gasteiger charge is 1.99. The van der Waals surface area contributed by atoms with Gasteiger partial charge in [-0.15, -0.1) is 0 Å². The molecule has 0 saturated heterocycles. The van der Waals surface area contributed by atoms with Crippen molar-refractivity contribution >= 4 is 18.2 Å². The molecule has 6 nitrogen and oxygen atoms in total. The zero-order valence-corrected chi connectivity index (χ0v) is 15.4. The summed E-state index contributed by atoms with van der Waals surface area (Å²) < 4.78 is 36.3. The van der Waals surface area contributed by atoms with Gasteiger partial charge in [-0.1, -0.05) is 60.7 Å². The van der Waals surface area contributed by atoms with Gasteiger partial charge >= 0.3 is 11.9 Å². The summed E-state index contributed by atoms with van der Waals surface area (Å²) in [4.78, 5) is 31.2. The molecular formula is C21H27NO5. The Morgan fingerprint density at radius 3 is 1.85 bits per heavy atom. The average molecular weight is 377 g/mol. The summed E-state index contributed by atoms with van der Waals surface area (Å²) in [6.07, 6.45) is -0.392. The van der Waals surface area contributed by atoms with Crippen molar-refractivity contribution in [2.45, 2.75) is 19.2 Å². The van der Waals surface area contributed by atoms with Gasteiger partial charge < -0.3 is 15.2 Å². The molecule has 0 unspecified atom stereocenters. The standard InChI is InChI=1S/C11H14O2.C7H6O.C3H7NO2/c1-13-11(12)9-5-8-10-6-3-2-4-7-10;8-6-7-4-2-1-3-5-7;1-6-3(5)2-4/h2-4,6-7H,5,8-9H2,1H3;1-6H;2,4H2,1H3/i9D2;;2D2. The lowest BCUT2D eigenvalue weighted by Gasteiger charge is -1.99. The van der Waals surface area contributed by atoms with Crippen LogP contribution >= 0.6 is 0 Å². The van der Waals surface area contributed by atoms with E-state index in [1.165, 1.54) is 7.11 Å². The monoisotopic (exact) mass is 377 g/mol. The van der Waals surface area contributed by atoms with Gasteiger partial charge in [0.2, 0.25) is 0 Å². The lowest BCUT2D eigenvalue weighted by molar-refractivity contribution is -0.141. The molecule has 0 aliphatic heterocycles. The maximum absolute atomic E-state index is 11.1. The third-order valence-corrected chi connectivity index (χ3v) is 2.95. The van der Waals surface area contributed by atoms with Crippen molar-refractivity contribution in [3.8, 4) is 0 Å². The number of hydrogen-bond acceptors (Lipinski definition) is 6. The van der Waals surface area contributed by atoms with Crippen LogP contribution in [0.15, 0.2) is 60.7 Å². The number of aldehydes is 1. The first-order valence-electron chi connectivity index (χ1n) is 9.97. The molecule has 2 N–H and O–H groups in total. The highest BCUT2D eigenvalue weighted by molar-refractivity contribution is 5.74. The van der Waals surface area contributed by atoms with E-state index in [0.717, 1.165) is 24.5 Å². The Hall–Kier alpha value is -2.99. The molecule has 0 aliphatic rings. The van der Waals surface area contributed by atoms with Crippen molar-refractivity contribution in [1.82, 2.24) is 0 Å². The van der Waals surface area contributed by atoms with Crippen molar-refractivity contribution in [1.29, 1.82) is 0 Å². The molecular weight excluding hydrogens is 346 g/mol. The van der Waals surface area contributed by atoms with E-state index in [9.17, 15) is 14.4 Å². The van der Waals surface area contributed by atoms with E-state index < -0.39 is 24.8 Å². The van der Waals surface area contributed by atoms with E-state index >= 15 is 0 Å². The SMILES string of the molecule is O=Cc1ccccc1.[2H]C([2H])(CCc1ccccc1)C(=O)OC.[2H]C([2H])(N)C(=O)OC. The summed E-state index contributed by atoms with van der Waals surface area (Å²) >= 11 is 0. The number of carbonyl (C=O) groups is 3. The molecule has 2 rings (SSSR count). The van der Waals surface area contributed by atoms with Gasteiger partial charge in [0.05, 0.1) is 23.5 Å². The fourth-order valence-electron chi connectivity index (χ4n) is 1.62. The van der Waals surface area contributed by atoms with Gasteiger partial charge in [0, 0.05) is 14.7 Å². The summed E-state index contributed by atoms with van der Waals surface area (Å²) in [6, 6.07) is 18.6. The molecule has 0 atom stereocenters. The summed E-state index contributed by atoms with van der Waals surface area (Å²) in [5, 5.41) is 0. The molecule has 2 aromatic rings. The number of nitrogens with two attached hydrogens (primary N) is 1. The quantitative estimate of drug-likeness (QED) is 0.614. The van der Waals surface area contributed by atoms with E-state index in [0.29, 0.717) is 6.42 Å². The second kappa shape index (κ2) is 16.5. The number of rotatable bonds is 6. The van der Waals surface area contributed by atoms with E-state index in [4.69, 9.17) is 5.48 Å². The van der Waals surface area contributed by atoms with Crippen LogP contribution in [0.1, 0.15) is 34.2 Å². The first-order chi connectivity index (χ1) is 14.5. The summed E-state index contributed by atoms with van der Waals surface area (Å²) in [6.45, 7) is -2.35. The number of methoxy groups -OCH3 is 2. The number of ether oxygens (including phenoxy) is 2. The summed E-state index contributed by atoms with van der Waals surface area (Å²) in [5.41, 5.74) is 6.40. The van der Waals surface area contributed by atoms with E-state index in [2.05, 4.69) is 15.2 Å². The lowest BCUT2D eigenvalue weighted by atomic mass is 10.1. The third kappa shape index (κ3) is 13.9. The Morgan fingerprint density at radius 2 is 1.48 bits per heavy atom. The van der Waals surface area contributed by atoms with Crippen LogP contribution in [-0.4, -0.2) is 38.9 Å². The second-order valence-corrected chi connectivity index (χ2v) is 4.82. The minimum atomic E-state index is -2.35. The summed E-state index contributed by atoms with van der Waals surface area (Å²) in [5.74, 6) is -1.86. The minimum absolute atomic E-state index is 0.143. The fourth-order valence-corrected chi connectivity index (χ4v) is 1.62. The van der Waals surface area contributed by atoms with Crippen LogP contribution < -0.4 is 5.73 Å². The highest BCUT2D eigenvalue weighted by atomic mass is 16.5. The van der Waals surface area contributed by atoms with Crippen molar-refractivity contribution in [2.75, 3.05) is 20.7 Å². The van der Waals surface area contributed by atoms with Gasteiger partial charge in [0.1, 0.15) is 6.29 Å². The molecule has 0 aromatic heterocycles. The number of hydrogen-bond donors (Lipinski definition) is 1. The van der Waals surface area contributed by atoms with Crippen molar-refractivity contribution in [3.63, 3.8) is 0 Å². The molecule has 0 heterocycles. The summed E-state index contributed by atoms with van der Waals surface area (Å²) in [7, 11) is 2.27. The van der Waals surface area contributed by atoms with Crippen LogP contribution in [0, 0.1) is 0 Å². The van der Waals surface area contributed by atoms with Crippen molar-refractivity contribution in [3.05, 3.63) is 71.8 Å². The van der Waals surface area contributed by atoms with Gasteiger partial charge in [-0.25, -0.2) is 0 Å². The molecule has 0 spiro atoms. The number of esters is 2. The van der Waals surface area contributed by atoms with Crippen LogP contribution in [0.5, 0.6) is 0 Å². The van der Waals surface area contributed by atoms with E-state index in [1.807, 2.05) is 48.5 Å². The second-order valence-electron chi connectivity index (χ2n) is 4.82. The maximum atomic E-state index is 11.1. The lowest BCUT2D eigenvalue weighted by Crippen LogP contribution is -2.14. The van der Waals surface area contributed by atoms with Crippen molar-refractivity contribution < 1.29 is 29.3 Å². The Bertz CT molecular complexity index is 796. The van der Waals surface area contributed by atoms with Gasteiger partial charge in [0.15, 0.2) is 0 Å². The highest BCUT2D eigenvalue weighted by Crippen LogP contribution is 2.04. The largest absolute Gasteiger partial charge is 0.469 e. The third-order valence-electron chi connectivity index (χ3n) is 2.95. The Labute approximate surface area is 165 Å². The number of aryl methyl sites for hydroxylation is 1. The Balaban J connectivity index is 0.000000477. The predicted molar refractivity (Wildman–Crippen MR) is 104 cm³/mol. The van der Waals surface area contributed by atoms with Crippen LogP contribution in [0.25, 0.3) is 0 Å². The van der Waals surface area contributed by atoms with Gasteiger partial charge in [-0.3, -0.25) is 14.4 Å². The molecule has 27 heavy (non-hydrogen) atoms. The van der Waals surface area contributed by atoms with Crippen LogP contribution in [-0.2, 0) is 25.5 Å². The smallest absolute Gasteiger partial charge is 0.319 e. The topological polar surface area (TPSA) is 95.7 Å². The Kier molecular flexibility index (Phi) is 10.6. The number of benzene rings is 2. The van der Waals surface area contributed by atoms with Crippen LogP contribution in [0.4, 0.5) is 0 Å². The molecule has 0 radical (unpaired) electrons. The van der Waals surface area contributed by atoms with Gasteiger partial charge in [-0.2, -0.15) is 0 Å². The Morgan fingerprint density at radius 1 is 0.963 bits per heavy atom. The molecule has 0 fully saturated rings. The van der Waals surface area contributed by atoms with Crippen molar-refractivity contribution in [2.24, 2.45) is 5.73 Å².